The van der Waals surface area contributed by atoms with E-state index in [4.69, 9.17) is 4.74 Å². The maximum Gasteiger partial charge on any atom is 0.471 e. The number of benzene rings is 1. The Labute approximate surface area is 164 Å². The lowest BCUT2D eigenvalue weighted by Gasteiger charge is -2.23. The number of hydrogen-bond acceptors (Lipinski definition) is 6. The van der Waals surface area contributed by atoms with Crippen LogP contribution in [-0.2, 0) is 4.79 Å². The van der Waals surface area contributed by atoms with Crippen molar-refractivity contribution < 1.29 is 22.7 Å². The van der Waals surface area contributed by atoms with E-state index >= 15 is 0 Å². The summed E-state index contributed by atoms with van der Waals surface area (Å²) in [5, 5.41) is 0.906. The Morgan fingerprint density at radius 2 is 1.93 bits per heavy atom. The molecule has 0 bridgehead atoms. The number of pyridine rings is 1. The molecule has 0 spiro atoms. The number of carbonyl (C=O) groups is 1. The van der Waals surface area contributed by atoms with Crippen LogP contribution in [0.25, 0.3) is 10.9 Å². The van der Waals surface area contributed by atoms with E-state index in [9.17, 15) is 18.0 Å². The third-order valence-corrected chi connectivity index (χ3v) is 4.15. The lowest BCUT2D eigenvalue weighted by atomic mass is 10.2. The van der Waals surface area contributed by atoms with Crippen LogP contribution in [0.15, 0.2) is 48.9 Å². The van der Waals surface area contributed by atoms with E-state index in [0.717, 1.165) is 18.0 Å². The Balaban J connectivity index is 1.66. The van der Waals surface area contributed by atoms with Gasteiger partial charge in [-0.1, -0.05) is 6.07 Å². The fourth-order valence-corrected chi connectivity index (χ4v) is 2.54. The summed E-state index contributed by atoms with van der Waals surface area (Å²) in [5.41, 5.74) is 0.831. The number of aromatic nitrogens is 3. The number of ether oxygens (including phenoxy) is 1. The molecule has 0 fully saturated rings. The second-order valence-corrected chi connectivity index (χ2v) is 6.32. The smallest absolute Gasteiger partial charge is 0.437 e. The van der Waals surface area contributed by atoms with Crippen LogP contribution in [0.4, 0.5) is 19.0 Å². The quantitative estimate of drug-likeness (QED) is 0.627. The van der Waals surface area contributed by atoms with E-state index in [1.54, 1.807) is 24.2 Å². The van der Waals surface area contributed by atoms with Gasteiger partial charge in [0.2, 0.25) is 5.88 Å². The normalized spacial score (nSPS) is 11.3. The Morgan fingerprint density at radius 3 is 2.69 bits per heavy atom. The van der Waals surface area contributed by atoms with Gasteiger partial charge in [-0.2, -0.15) is 18.2 Å². The zero-order valence-electron chi connectivity index (χ0n) is 15.7. The lowest BCUT2D eigenvalue weighted by Crippen LogP contribution is -2.42. The first kappa shape index (κ1) is 20.3. The number of hydrogen-bond donors (Lipinski definition) is 0. The number of anilines is 1. The highest BCUT2D eigenvalue weighted by molar-refractivity contribution is 5.81. The van der Waals surface area contributed by atoms with Gasteiger partial charge in [-0.3, -0.25) is 14.8 Å². The summed E-state index contributed by atoms with van der Waals surface area (Å²) in [4.78, 5) is 26.0. The zero-order valence-corrected chi connectivity index (χ0v) is 15.7. The van der Waals surface area contributed by atoms with Crippen molar-refractivity contribution in [3.63, 3.8) is 0 Å². The molecule has 1 aromatic carbocycles. The van der Waals surface area contributed by atoms with Gasteiger partial charge in [-0.15, -0.1) is 0 Å². The van der Waals surface area contributed by atoms with Gasteiger partial charge in [0.1, 0.15) is 5.75 Å². The monoisotopic (exact) mass is 405 g/mol. The van der Waals surface area contributed by atoms with Crippen LogP contribution in [0.1, 0.15) is 0 Å². The van der Waals surface area contributed by atoms with Crippen LogP contribution in [0.2, 0.25) is 0 Å². The fraction of sp³-hybridized carbons (Fsp3) is 0.263. The molecule has 29 heavy (non-hydrogen) atoms. The molecule has 0 unspecified atom stereocenters. The minimum Gasteiger partial charge on any atom is -0.437 e. The summed E-state index contributed by atoms with van der Waals surface area (Å²) in [6.45, 7) is 0.0113. The molecule has 0 radical (unpaired) electrons. The summed E-state index contributed by atoms with van der Waals surface area (Å²) in [6.07, 6.45) is -0.295. The first-order valence-electron chi connectivity index (χ1n) is 8.62. The molecule has 152 valence electrons. The van der Waals surface area contributed by atoms with E-state index in [-0.39, 0.29) is 19.0 Å². The molecule has 0 atom stereocenters. The number of amides is 1. The second-order valence-electron chi connectivity index (χ2n) is 6.32. The minimum absolute atomic E-state index is 0.126. The first-order valence-corrected chi connectivity index (χ1v) is 8.62. The Bertz CT molecular complexity index is 1010. The Kier molecular flexibility index (Phi) is 5.81. The molecule has 3 aromatic rings. The van der Waals surface area contributed by atoms with E-state index in [1.165, 1.54) is 12.4 Å². The van der Waals surface area contributed by atoms with Gasteiger partial charge < -0.3 is 14.5 Å². The molecule has 2 aromatic heterocycles. The predicted molar refractivity (Wildman–Crippen MR) is 101 cm³/mol. The third-order valence-electron chi connectivity index (χ3n) is 4.15. The van der Waals surface area contributed by atoms with E-state index < -0.39 is 12.1 Å². The number of fused-ring (bicyclic) bond motifs is 1. The van der Waals surface area contributed by atoms with Crippen LogP contribution < -0.4 is 9.64 Å². The zero-order chi connectivity index (χ0) is 21.0. The SMILES string of the molecule is CN(CCN(C)c1cncc(Oc2ccc3ncccc3c2)n1)C(=O)C(F)(F)F. The van der Waals surface area contributed by atoms with Crippen LogP contribution in [-0.4, -0.2) is 59.1 Å². The lowest BCUT2D eigenvalue weighted by molar-refractivity contribution is -0.183. The van der Waals surface area contributed by atoms with Gasteiger partial charge in [-0.25, -0.2) is 0 Å². The van der Waals surface area contributed by atoms with Crippen molar-refractivity contribution in [2.24, 2.45) is 0 Å². The van der Waals surface area contributed by atoms with Crippen LogP contribution in [0, 0.1) is 0 Å². The molecule has 0 saturated carbocycles. The van der Waals surface area contributed by atoms with Crippen molar-refractivity contribution >= 4 is 22.6 Å². The molecule has 0 saturated heterocycles. The average Bonchev–Trinajstić information content (AvgIpc) is 2.70. The molecule has 1 amide bonds. The number of halogens is 3. The highest BCUT2D eigenvalue weighted by Gasteiger charge is 2.41. The van der Waals surface area contributed by atoms with Gasteiger partial charge in [-0.05, 0) is 24.3 Å². The summed E-state index contributed by atoms with van der Waals surface area (Å²) >= 11 is 0. The van der Waals surface area contributed by atoms with Crippen molar-refractivity contribution in [2.45, 2.75) is 6.18 Å². The van der Waals surface area contributed by atoms with Crippen molar-refractivity contribution in [2.75, 3.05) is 32.1 Å². The maximum absolute atomic E-state index is 12.5. The largest absolute Gasteiger partial charge is 0.471 e. The molecular weight excluding hydrogens is 387 g/mol. The second kappa shape index (κ2) is 8.29. The molecule has 10 heteroatoms. The number of nitrogens with zero attached hydrogens (tertiary/aromatic N) is 5. The predicted octanol–water partition coefficient (Wildman–Crippen LogP) is 3.27. The van der Waals surface area contributed by atoms with E-state index in [0.29, 0.717) is 16.5 Å². The summed E-state index contributed by atoms with van der Waals surface area (Å²) in [7, 11) is 2.74. The van der Waals surface area contributed by atoms with Crippen molar-refractivity contribution in [3.8, 4) is 11.6 Å². The van der Waals surface area contributed by atoms with Gasteiger partial charge >= 0.3 is 12.1 Å². The molecule has 0 aliphatic rings. The number of alkyl halides is 3. The molecule has 2 heterocycles. The number of carbonyl (C=O) groups excluding carboxylic acids is 1. The average molecular weight is 405 g/mol. The fourth-order valence-electron chi connectivity index (χ4n) is 2.54. The Hall–Kier alpha value is -3.43. The van der Waals surface area contributed by atoms with E-state index in [2.05, 4.69) is 15.0 Å². The van der Waals surface area contributed by atoms with E-state index in [1.807, 2.05) is 24.3 Å². The third kappa shape index (κ3) is 5.09. The highest BCUT2D eigenvalue weighted by atomic mass is 19.4. The van der Waals surface area contributed by atoms with Gasteiger partial charge in [0.25, 0.3) is 0 Å². The summed E-state index contributed by atoms with van der Waals surface area (Å²) < 4.78 is 43.1. The molecule has 7 nitrogen and oxygen atoms in total. The molecule has 0 aliphatic carbocycles. The Morgan fingerprint density at radius 1 is 1.14 bits per heavy atom. The molecule has 0 N–H and O–H groups in total. The summed E-state index contributed by atoms with van der Waals surface area (Å²) in [6, 6.07) is 9.12. The highest BCUT2D eigenvalue weighted by Crippen LogP contribution is 2.24. The molecule has 3 rings (SSSR count). The summed E-state index contributed by atoms with van der Waals surface area (Å²) in [5.74, 6) is -0.704. The van der Waals surface area contributed by atoms with Gasteiger partial charge in [0.15, 0.2) is 5.82 Å². The van der Waals surface area contributed by atoms with Crippen molar-refractivity contribution in [1.29, 1.82) is 0 Å². The van der Waals surface area contributed by atoms with Gasteiger partial charge in [0.05, 0.1) is 17.9 Å². The number of likely N-dealkylation sites (N-methyl/N-ethyl adjacent to an activating group) is 2. The topological polar surface area (TPSA) is 71.5 Å². The molecular formula is C19H18F3N5O2. The minimum atomic E-state index is -4.89. The number of rotatable bonds is 6. The standard InChI is InChI=1S/C19H18F3N5O2/c1-26(8-9-27(2)18(28)19(20,21)22)16-11-23-12-17(25-16)29-14-5-6-15-13(10-14)4-3-7-24-15/h3-7,10-12H,8-9H2,1-2H3. The van der Waals surface area contributed by atoms with Crippen LogP contribution in [0.5, 0.6) is 11.6 Å². The maximum atomic E-state index is 12.5. The van der Waals surface area contributed by atoms with Gasteiger partial charge in [0, 0.05) is 38.8 Å². The van der Waals surface area contributed by atoms with Crippen LogP contribution >= 0.6 is 0 Å². The molecule has 0 aliphatic heterocycles. The first-order chi connectivity index (χ1) is 13.7. The van der Waals surface area contributed by atoms with Crippen LogP contribution in [0.3, 0.4) is 0 Å². The van der Waals surface area contributed by atoms with Crippen molar-refractivity contribution in [3.05, 3.63) is 48.9 Å². The van der Waals surface area contributed by atoms with Crippen molar-refractivity contribution in [1.82, 2.24) is 19.9 Å².